The van der Waals surface area contributed by atoms with Crippen LogP contribution in [-0.2, 0) is 6.54 Å². The molecule has 78 valence electrons. The first-order valence-electron chi connectivity index (χ1n) is 3.98. The summed E-state index contributed by atoms with van der Waals surface area (Å²) < 4.78 is 0.999. The molecule has 0 aromatic carbocycles. The van der Waals surface area contributed by atoms with E-state index in [1.807, 2.05) is 4.98 Å². The van der Waals surface area contributed by atoms with E-state index in [0.717, 1.165) is 10.8 Å². The standard InChI is InChI=1S/C8H7N3O4/c1-2-3-4-10-5-6(11(14)15)7(12)9-8(10)13/h1,5H,3-4H2,(H,9,12,13). The molecule has 1 heterocycles. The number of H-pyrrole nitrogens is 1. The summed E-state index contributed by atoms with van der Waals surface area (Å²) in [5.74, 6) is 2.29. The third-order valence-corrected chi connectivity index (χ3v) is 1.69. The number of aromatic nitrogens is 2. The summed E-state index contributed by atoms with van der Waals surface area (Å²) in [6.45, 7) is 0.132. The highest BCUT2D eigenvalue weighted by Gasteiger charge is 2.14. The maximum absolute atomic E-state index is 11.1. The maximum atomic E-state index is 11.1. The molecule has 0 atom stereocenters. The van der Waals surface area contributed by atoms with E-state index < -0.39 is 21.9 Å². The van der Waals surface area contributed by atoms with Crippen LogP contribution >= 0.6 is 0 Å². The fourth-order valence-corrected chi connectivity index (χ4v) is 0.979. The Kier molecular flexibility index (Phi) is 3.03. The molecule has 0 aliphatic carbocycles. The van der Waals surface area contributed by atoms with Crippen LogP contribution in [-0.4, -0.2) is 14.5 Å². The second-order valence-electron chi connectivity index (χ2n) is 2.68. The van der Waals surface area contributed by atoms with Crippen LogP contribution < -0.4 is 11.2 Å². The fraction of sp³-hybridized carbons (Fsp3) is 0.250. The van der Waals surface area contributed by atoms with Crippen molar-refractivity contribution in [2.45, 2.75) is 13.0 Å². The lowest BCUT2D eigenvalue weighted by molar-refractivity contribution is -0.386. The maximum Gasteiger partial charge on any atom is 0.350 e. The van der Waals surface area contributed by atoms with Gasteiger partial charge in [0.05, 0.1) is 11.1 Å². The fourth-order valence-electron chi connectivity index (χ4n) is 0.979. The van der Waals surface area contributed by atoms with Crippen molar-refractivity contribution in [3.05, 3.63) is 37.1 Å². The van der Waals surface area contributed by atoms with Gasteiger partial charge in [0.1, 0.15) is 0 Å². The monoisotopic (exact) mass is 209 g/mol. The number of hydrogen-bond acceptors (Lipinski definition) is 4. The van der Waals surface area contributed by atoms with Gasteiger partial charge in [0.25, 0.3) is 0 Å². The minimum absolute atomic E-state index is 0.132. The molecule has 15 heavy (non-hydrogen) atoms. The number of nitrogens with zero attached hydrogens (tertiary/aromatic N) is 2. The van der Waals surface area contributed by atoms with Crippen LogP contribution in [0.4, 0.5) is 5.69 Å². The highest BCUT2D eigenvalue weighted by atomic mass is 16.6. The summed E-state index contributed by atoms with van der Waals surface area (Å²) in [5, 5.41) is 10.4. The van der Waals surface area contributed by atoms with Crippen LogP contribution in [0.15, 0.2) is 15.8 Å². The summed E-state index contributed by atoms with van der Waals surface area (Å²) >= 11 is 0. The molecule has 0 fully saturated rings. The Labute approximate surface area is 83.5 Å². The van der Waals surface area contributed by atoms with Crippen molar-refractivity contribution in [1.82, 2.24) is 9.55 Å². The van der Waals surface area contributed by atoms with Gasteiger partial charge in [-0.25, -0.2) is 4.79 Å². The van der Waals surface area contributed by atoms with Crippen LogP contribution in [0.2, 0.25) is 0 Å². The van der Waals surface area contributed by atoms with E-state index >= 15 is 0 Å². The third kappa shape index (κ3) is 2.31. The predicted octanol–water partition coefficient (Wildman–Crippen LogP) is -0.532. The highest BCUT2D eigenvalue weighted by Crippen LogP contribution is 1.98. The third-order valence-electron chi connectivity index (χ3n) is 1.69. The lowest BCUT2D eigenvalue weighted by atomic mass is 10.4. The van der Waals surface area contributed by atoms with Crippen molar-refractivity contribution in [1.29, 1.82) is 0 Å². The molecule has 0 aliphatic rings. The summed E-state index contributed by atoms with van der Waals surface area (Å²) in [6, 6.07) is 0. The molecule has 0 saturated carbocycles. The number of nitrogens with one attached hydrogen (secondary N) is 1. The lowest BCUT2D eigenvalue weighted by Gasteiger charge is -2.00. The average Bonchev–Trinajstić information content (AvgIpc) is 2.16. The Morgan fingerprint density at radius 3 is 2.80 bits per heavy atom. The number of rotatable bonds is 3. The molecule has 0 aliphatic heterocycles. The van der Waals surface area contributed by atoms with Gasteiger partial charge in [-0.3, -0.25) is 24.5 Å². The molecule has 1 rings (SSSR count). The Morgan fingerprint density at radius 1 is 1.60 bits per heavy atom. The second-order valence-corrected chi connectivity index (χ2v) is 2.68. The lowest BCUT2D eigenvalue weighted by Crippen LogP contribution is -2.30. The van der Waals surface area contributed by atoms with Crippen molar-refractivity contribution in [2.24, 2.45) is 0 Å². The Hall–Kier alpha value is -2.36. The van der Waals surface area contributed by atoms with E-state index in [4.69, 9.17) is 6.42 Å². The number of aromatic amines is 1. The first kappa shape index (κ1) is 10.7. The summed E-state index contributed by atoms with van der Waals surface area (Å²) in [4.78, 5) is 33.5. The average molecular weight is 209 g/mol. The van der Waals surface area contributed by atoms with Crippen molar-refractivity contribution in [2.75, 3.05) is 0 Å². The van der Waals surface area contributed by atoms with Gasteiger partial charge in [-0.1, -0.05) is 0 Å². The van der Waals surface area contributed by atoms with E-state index in [2.05, 4.69) is 5.92 Å². The first-order chi connectivity index (χ1) is 7.06. The van der Waals surface area contributed by atoms with Crippen LogP contribution in [0, 0.1) is 22.5 Å². The van der Waals surface area contributed by atoms with Crippen LogP contribution in [0.5, 0.6) is 0 Å². The number of nitro groups is 1. The van der Waals surface area contributed by atoms with Gasteiger partial charge in [-0.2, -0.15) is 0 Å². The molecule has 1 aromatic rings. The van der Waals surface area contributed by atoms with E-state index in [9.17, 15) is 19.7 Å². The van der Waals surface area contributed by atoms with Gasteiger partial charge < -0.3 is 0 Å². The SMILES string of the molecule is C#CCCn1cc([N+](=O)[O-])c(=O)[nH]c1=O. The van der Waals surface area contributed by atoms with E-state index in [1.54, 1.807) is 0 Å². The Bertz CT molecular complexity index is 534. The number of aryl methyl sites for hydroxylation is 1. The van der Waals surface area contributed by atoms with Gasteiger partial charge in [0.2, 0.25) is 0 Å². The van der Waals surface area contributed by atoms with Crippen LogP contribution in [0.3, 0.4) is 0 Å². The molecule has 0 radical (unpaired) electrons. The number of terminal acetylenes is 1. The summed E-state index contributed by atoms with van der Waals surface area (Å²) in [5.41, 5.74) is -2.39. The highest BCUT2D eigenvalue weighted by molar-refractivity contribution is 5.20. The topological polar surface area (TPSA) is 98.0 Å². The van der Waals surface area contributed by atoms with E-state index in [0.29, 0.717) is 0 Å². The molecule has 1 aromatic heterocycles. The van der Waals surface area contributed by atoms with Gasteiger partial charge in [-0.15, -0.1) is 12.3 Å². The van der Waals surface area contributed by atoms with Crippen LogP contribution in [0.25, 0.3) is 0 Å². The van der Waals surface area contributed by atoms with E-state index in [1.165, 1.54) is 0 Å². The van der Waals surface area contributed by atoms with Crippen molar-refractivity contribution in [3.63, 3.8) is 0 Å². The molecular formula is C8H7N3O4. The largest absolute Gasteiger partial charge is 0.350 e. The summed E-state index contributed by atoms with van der Waals surface area (Å²) in [7, 11) is 0. The molecule has 0 unspecified atom stereocenters. The van der Waals surface area contributed by atoms with Crippen molar-refractivity contribution in [3.8, 4) is 12.3 Å². The molecule has 0 saturated heterocycles. The zero-order chi connectivity index (χ0) is 11.4. The Balaban J connectivity index is 3.25. The molecule has 0 bridgehead atoms. The quantitative estimate of drug-likeness (QED) is 0.411. The van der Waals surface area contributed by atoms with E-state index in [-0.39, 0.29) is 13.0 Å². The van der Waals surface area contributed by atoms with Gasteiger partial charge in [0, 0.05) is 13.0 Å². The van der Waals surface area contributed by atoms with Gasteiger partial charge >= 0.3 is 16.9 Å². The molecular weight excluding hydrogens is 202 g/mol. The predicted molar refractivity (Wildman–Crippen MR) is 51.4 cm³/mol. The minimum Gasteiger partial charge on any atom is -0.293 e. The number of hydrogen-bond donors (Lipinski definition) is 1. The zero-order valence-corrected chi connectivity index (χ0v) is 7.60. The molecule has 0 amide bonds. The molecule has 7 heteroatoms. The smallest absolute Gasteiger partial charge is 0.293 e. The van der Waals surface area contributed by atoms with Crippen molar-refractivity contribution < 1.29 is 4.92 Å². The second kappa shape index (κ2) is 4.23. The molecule has 0 spiro atoms. The van der Waals surface area contributed by atoms with Gasteiger partial charge in [-0.05, 0) is 0 Å². The van der Waals surface area contributed by atoms with Gasteiger partial charge in [0.15, 0.2) is 0 Å². The minimum atomic E-state index is -1.01. The summed E-state index contributed by atoms with van der Waals surface area (Å²) in [6.07, 6.45) is 6.12. The molecule has 1 N–H and O–H groups in total. The van der Waals surface area contributed by atoms with Crippen molar-refractivity contribution >= 4 is 5.69 Å². The van der Waals surface area contributed by atoms with Crippen LogP contribution in [0.1, 0.15) is 6.42 Å². The zero-order valence-electron chi connectivity index (χ0n) is 7.60. The molecule has 7 nitrogen and oxygen atoms in total. The Morgan fingerprint density at radius 2 is 2.27 bits per heavy atom. The first-order valence-corrected chi connectivity index (χ1v) is 3.98. The normalized spacial score (nSPS) is 9.53.